The topological polar surface area (TPSA) is 84.2 Å². The van der Waals surface area contributed by atoms with Crippen molar-refractivity contribution in [2.45, 2.75) is 19.1 Å². The van der Waals surface area contributed by atoms with Crippen LogP contribution in [-0.4, -0.2) is 47.3 Å². The minimum atomic E-state index is -0.263. The normalized spacial score (nSPS) is 25.2. The SMILES string of the molecule is CO[C@H]1CN(Cc2ccn[nH]2)C[C@H]1CC(N)=O. The van der Waals surface area contributed by atoms with Crippen molar-refractivity contribution in [1.82, 2.24) is 15.1 Å². The number of nitrogens with zero attached hydrogens (tertiary/aromatic N) is 2. The molecule has 6 nitrogen and oxygen atoms in total. The number of carbonyl (C=O) groups is 1. The number of aromatic nitrogens is 2. The fourth-order valence-corrected chi connectivity index (χ4v) is 2.39. The highest BCUT2D eigenvalue weighted by atomic mass is 16.5. The molecule has 94 valence electrons. The molecule has 3 N–H and O–H groups in total. The van der Waals surface area contributed by atoms with E-state index < -0.39 is 0 Å². The first-order chi connectivity index (χ1) is 8.19. The number of ether oxygens (including phenoxy) is 1. The maximum Gasteiger partial charge on any atom is 0.217 e. The molecule has 17 heavy (non-hydrogen) atoms. The Hall–Kier alpha value is -1.40. The summed E-state index contributed by atoms with van der Waals surface area (Å²) in [5, 5.41) is 6.84. The third-order valence-electron chi connectivity index (χ3n) is 3.18. The maximum atomic E-state index is 11.0. The molecule has 0 aromatic carbocycles. The van der Waals surface area contributed by atoms with E-state index in [-0.39, 0.29) is 17.9 Å². The van der Waals surface area contributed by atoms with Gasteiger partial charge in [-0.15, -0.1) is 0 Å². The average Bonchev–Trinajstić information content (AvgIpc) is 2.88. The van der Waals surface area contributed by atoms with Crippen molar-refractivity contribution >= 4 is 5.91 Å². The summed E-state index contributed by atoms with van der Waals surface area (Å²) >= 11 is 0. The predicted molar refractivity (Wildman–Crippen MR) is 62.0 cm³/mol. The molecule has 0 unspecified atom stereocenters. The van der Waals surface area contributed by atoms with Gasteiger partial charge in [0.25, 0.3) is 0 Å². The zero-order valence-electron chi connectivity index (χ0n) is 9.93. The van der Waals surface area contributed by atoms with Gasteiger partial charge in [0.05, 0.1) is 6.10 Å². The van der Waals surface area contributed by atoms with Crippen LogP contribution in [0, 0.1) is 5.92 Å². The summed E-state index contributed by atoms with van der Waals surface area (Å²) < 4.78 is 5.40. The Morgan fingerprint density at radius 1 is 1.71 bits per heavy atom. The molecule has 2 rings (SSSR count). The van der Waals surface area contributed by atoms with Gasteiger partial charge in [-0.3, -0.25) is 14.8 Å². The van der Waals surface area contributed by atoms with Crippen molar-refractivity contribution < 1.29 is 9.53 Å². The van der Waals surface area contributed by atoms with Gasteiger partial charge in [-0.2, -0.15) is 5.10 Å². The van der Waals surface area contributed by atoms with E-state index >= 15 is 0 Å². The quantitative estimate of drug-likeness (QED) is 0.739. The number of amides is 1. The van der Waals surface area contributed by atoms with Crippen LogP contribution in [0.15, 0.2) is 12.3 Å². The van der Waals surface area contributed by atoms with Gasteiger partial charge in [0, 0.05) is 51.0 Å². The van der Waals surface area contributed by atoms with E-state index in [4.69, 9.17) is 10.5 Å². The fraction of sp³-hybridized carbons (Fsp3) is 0.636. The lowest BCUT2D eigenvalue weighted by Crippen LogP contribution is -2.26. The summed E-state index contributed by atoms with van der Waals surface area (Å²) in [7, 11) is 1.68. The Morgan fingerprint density at radius 3 is 3.12 bits per heavy atom. The molecule has 6 heteroatoms. The summed E-state index contributed by atoms with van der Waals surface area (Å²) in [6, 6.07) is 1.95. The van der Waals surface area contributed by atoms with E-state index in [1.165, 1.54) is 0 Å². The number of primary amides is 1. The molecule has 0 aliphatic carbocycles. The summed E-state index contributed by atoms with van der Waals surface area (Å²) in [5.74, 6) is -0.0686. The van der Waals surface area contributed by atoms with Crippen LogP contribution in [0.2, 0.25) is 0 Å². The summed E-state index contributed by atoms with van der Waals surface area (Å²) in [6.07, 6.45) is 2.21. The Kier molecular flexibility index (Phi) is 3.75. The fourth-order valence-electron chi connectivity index (χ4n) is 2.39. The summed E-state index contributed by atoms with van der Waals surface area (Å²) in [5.41, 5.74) is 6.31. The minimum absolute atomic E-state index is 0.0884. The molecule has 1 amide bonds. The molecule has 1 aliphatic rings. The van der Waals surface area contributed by atoms with Gasteiger partial charge in [-0.1, -0.05) is 0 Å². The van der Waals surface area contributed by atoms with Gasteiger partial charge in [0.2, 0.25) is 5.91 Å². The van der Waals surface area contributed by atoms with E-state index in [2.05, 4.69) is 15.1 Å². The largest absolute Gasteiger partial charge is 0.380 e. The highest BCUT2D eigenvalue weighted by Gasteiger charge is 2.33. The molecule has 2 heterocycles. The zero-order chi connectivity index (χ0) is 12.3. The summed E-state index contributed by atoms with van der Waals surface area (Å²) in [6.45, 7) is 2.46. The van der Waals surface area contributed by atoms with Crippen LogP contribution in [0.25, 0.3) is 0 Å². The Balaban J connectivity index is 1.92. The Bertz CT molecular complexity index is 366. The van der Waals surface area contributed by atoms with Crippen molar-refractivity contribution in [3.63, 3.8) is 0 Å². The minimum Gasteiger partial charge on any atom is -0.380 e. The van der Waals surface area contributed by atoms with E-state index in [1.807, 2.05) is 6.07 Å². The first-order valence-electron chi connectivity index (χ1n) is 5.70. The van der Waals surface area contributed by atoms with Crippen molar-refractivity contribution in [2.75, 3.05) is 20.2 Å². The second-order valence-corrected chi connectivity index (χ2v) is 4.48. The van der Waals surface area contributed by atoms with E-state index in [9.17, 15) is 4.79 Å². The van der Waals surface area contributed by atoms with Gasteiger partial charge in [-0.25, -0.2) is 0 Å². The first-order valence-corrected chi connectivity index (χ1v) is 5.70. The molecule has 0 spiro atoms. The standard InChI is InChI=1S/C11H18N4O2/c1-17-10-7-15(5-8(10)4-11(12)16)6-9-2-3-13-14-9/h2-3,8,10H,4-7H2,1H3,(H2,12,16)(H,13,14)/t8-,10+/m1/s1. The van der Waals surface area contributed by atoms with Crippen LogP contribution in [-0.2, 0) is 16.1 Å². The van der Waals surface area contributed by atoms with Crippen LogP contribution in [0.1, 0.15) is 12.1 Å². The van der Waals surface area contributed by atoms with E-state index in [0.717, 1.165) is 25.3 Å². The van der Waals surface area contributed by atoms with Crippen molar-refractivity contribution in [2.24, 2.45) is 11.7 Å². The number of aromatic amines is 1. The highest BCUT2D eigenvalue weighted by molar-refractivity contribution is 5.74. The number of nitrogens with one attached hydrogen (secondary N) is 1. The molecule has 1 aromatic heterocycles. The van der Waals surface area contributed by atoms with Gasteiger partial charge in [0.15, 0.2) is 0 Å². The Labute approximate surface area is 100 Å². The number of hydrogen-bond donors (Lipinski definition) is 2. The van der Waals surface area contributed by atoms with Gasteiger partial charge in [-0.05, 0) is 6.07 Å². The first kappa shape index (κ1) is 12.1. The third kappa shape index (κ3) is 3.04. The molecule has 2 atom stereocenters. The highest BCUT2D eigenvalue weighted by Crippen LogP contribution is 2.23. The number of nitrogens with two attached hydrogens (primary N) is 1. The van der Waals surface area contributed by atoms with Gasteiger partial charge in [0.1, 0.15) is 0 Å². The maximum absolute atomic E-state index is 11.0. The van der Waals surface area contributed by atoms with Crippen molar-refractivity contribution in [1.29, 1.82) is 0 Å². The van der Waals surface area contributed by atoms with Gasteiger partial charge < -0.3 is 10.5 Å². The summed E-state index contributed by atoms with van der Waals surface area (Å²) in [4.78, 5) is 13.2. The molecule has 0 bridgehead atoms. The van der Waals surface area contributed by atoms with Crippen molar-refractivity contribution in [3.05, 3.63) is 18.0 Å². The smallest absolute Gasteiger partial charge is 0.217 e. The lowest BCUT2D eigenvalue weighted by molar-refractivity contribution is -0.119. The van der Waals surface area contributed by atoms with Crippen LogP contribution in [0.5, 0.6) is 0 Å². The molecule has 1 saturated heterocycles. The third-order valence-corrected chi connectivity index (χ3v) is 3.18. The molecule has 1 aliphatic heterocycles. The van der Waals surface area contributed by atoms with Crippen molar-refractivity contribution in [3.8, 4) is 0 Å². The average molecular weight is 238 g/mol. The molecule has 1 aromatic rings. The number of carbonyl (C=O) groups excluding carboxylic acids is 1. The van der Waals surface area contributed by atoms with E-state index in [1.54, 1.807) is 13.3 Å². The number of rotatable bonds is 5. The molecular weight excluding hydrogens is 220 g/mol. The zero-order valence-corrected chi connectivity index (χ0v) is 9.93. The number of methoxy groups -OCH3 is 1. The second-order valence-electron chi connectivity index (χ2n) is 4.48. The van der Waals surface area contributed by atoms with Crippen LogP contribution in [0.4, 0.5) is 0 Å². The number of H-pyrrole nitrogens is 1. The van der Waals surface area contributed by atoms with Crippen LogP contribution >= 0.6 is 0 Å². The van der Waals surface area contributed by atoms with E-state index in [0.29, 0.717) is 6.42 Å². The van der Waals surface area contributed by atoms with Crippen LogP contribution < -0.4 is 5.73 Å². The molecule has 0 radical (unpaired) electrons. The lowest BCUT2D eigenvalue weighted by Gasteiger charge is -2.14. The predicted octanol–water partition coefficient (Wildman–Crippen LogP) is -0.268. The molecule has 1 fully saturated rings. The second kappa shape index (κ2) is 5.29. The Morgan fingerprint density at radius 2 is 2.53 bits per heavy atom. The molecular formula is C11H18N4O2. The number of likely N-dealkylation sites (tertiary alicyclic amines) is 1. The monoisotopic (exact) mass is 238 g/mol. The van der Waals surface area contributed by atoms with Crippen LogP contribution in [0.3, 0.4) is 0 Å². The molecule has 0 saturated carbocycles. The lowest BCUT2D eigenvalue weighted by atomic mass is 10.0. The number of hydrogen-bond acceptors (Lipinski definition) is 4. The van der Waals surface area contributed by atoms with Gasteiger partial charge >= 0.3 is 0 Å².